The third-order valence-electron chi connectivity index (χ3n) is 4.03. The minimum Gasteiger partial charge on any atom is -0.444 e. The molecule has 0 saturated heterocycles. The molecule has 0 bridgehead atoms. The average Bonchev–Trinajstić information content (AvgIpc) is 3.23. The van der Waals surface area contributed by atoms with Gasteiger partial charge in [-0.25, -0.2) is 4.79 Å². The van der Waals surface area contributed by atoms with Gasteiger partial charge in [-0.3, -0.25) is 0 Å². The van der Waals surface area contributed by atoms with E-state index in [4.69, 9.17) is 4.74 Å². The lowest BCUT2D eigenvalue weighted by molar-refractivity contribution is 0.0277. The maximum Gasteiger partial charge on any atom is 0.410 e. The average molecular weight is 321 g/mol. The van der Waals surface area contributed by atoms with Gasteiger partial charge in [-0.05, 0) is 38.7 Å². The van der Waals surface area contributed by atoms with Crippen molar-refractivity contribution in [1.29, 1.82) is 0 Å². The molecule has 1 amide bonds. The summed E-state index contributed by atoms with van der Waals surface area (Å²) in [7, 11) is 1.76. The zero-order valence-electron chi connectivity index (χ0n) is 15.3. The molecule has 0 heterocycles. The Kier molecular flexibility index (Phi) is 6.63. The number of likely N-dealkylation sites (N-methyl/N-ethyl adjacent to an activating group) is 1. The lowest BCUT2D eigenvalue weighted by atomic mass is 9.93. The molecule has 1 fully saturated rings. The molecule has 1 N–H and O–H groups in total. The highest BCUT2D eigenvalue weighted by Gasteiger charge is 2.55. The highest BCUT2D eigenvalue weighted by Crippen LogP contribution is 2.54. The zero-order chi connectivity index (χ0) is 17.7. The first-order valence-corrected chi connectivity index (χ1v) is 8.39. The van der Waals surface area contributed by atoms with Gasteiger partial charge in [0.05, 0.1) is 0 Å². The molecule has 2 atom stereocenters. The van der Waals surface area contributed by atoms with Gasteiger partial charge >= 0.3 is 6.09 Å². The van der Waals surface area contributed by atoms with Gasteiger partial charge in [0.25, 0.3) is 0 Å². The second-order valence-electron chi connectivity index (χ2n) is 6.94. The Balaban J connectivity index is 0.00000127. The SMILES string of the molecule is CC.CN(CC1(c2ccccc2)CC1CO)C(=O)OC(C)(C)C. The summed E-state index contributed by atoms with van der Waals surface area (Å²) in [6.07, 6.45) is 0.585. The van der Waals surface area contributed by atoms with Gasteiger partial charge in [0.2, 0.25) is 0 Å². The first-order valence-electron chi connectivity index (χ1n) is 8.39. The van der Waals surface area contributed by atoms with Crippen LogP contribution in [0.5, 0.6) is 0 Å². The molecule has 0 aromatic heterocycles. The molecule has 2 unspecified atom stereocenters. The van der Waals surface area contributed by atoms with Crippen LogP contribution in [0.4, 0.5) is 4.79 Å². The molecule has 0 spiro atoms. The Hall–Kier alpha value is -1.55. The molecule has 0 aliphatic heterocycles. The van der Waals surface area contributed by atoms with Crippen molar-refractivity contribution in [2.45, 2.75) is 52.1 Å². The number of hydrogen-bond donors (Lipinski definition) is 1. The summed E-state index contributed by atoms with van der Waals surface area (Å²) in [5.74, 6) is 0.213. The number of aliphatic hydroxyl groups is 1. The predicted octanol–water partition coefficient (Wildman–Crippen LogP) is 3.83. The molecule has 1 aliphatic rings. The summed E-state index contributed by atoms with van der Waals surface area (Å²) >= 11 is 0. The van der Waals surface area contributed by atoms with Gasteiger partial charge < -0.3 is 14.7 Å². The van der Waals surface area contributed by atoms with Crippen molar-refractivity contribution in [3.63, 3.8) is 0 Å². The fourth-order valence-electron chi connectivity index (χ4n) is 2.86. The van der Waals surface area contributed by atoms with Crippen molar-refractivity contribution in [2.75, 3.05) is 20.2 Å². The molecule has 1 saturated carbocycles. The molecule has 4 heteroatoms. The van der Waals surface area contributed by atoms with E-state index in [1.54, 1.807) is 11.9 Å². The maximum atomic E-state index is 12.1. The Labute approximate surface area is 140 Å². The van der Waals surface area contributed by atoms with Crippen molar-refractivity contribution in [3.05, 3.63) is 35.9 Å². The van der Waals surface area contributed by atoms with Crippen molar-refractivity contribution in [1.82, 2.24) is 4.90 Å². The molecule has 2 rings (SSSR count). The number of carbonyl (C=O) groups excluding carboxylic acids is 1. The van der Waals surface area contributed by atoms with Gasteiger partial charge in [-0.2, -0.15) is 0 Å². The number of carbonyl (C=O) groups is 1. The fourth-order valence-corrected chi connectivity index (χ4v) is 2.86. The number of ether oxygens (including phenoxy) is 1. The van der Waals surface area contributed by atoms with Gasteiger partial charge in [0, 0.05) is 25.6 Å². The van der Waals surface area contributed by atoms with Crippen molar-refractivity contribution in [3.8, 4) is 0 Å². The normalized spacial score (nSPS) is 22.7. The van der Waals surface area contributed by atoms with E-state index in [0.29, 0.717) is 6.54 Å². The molecule has 0 radical (unpaired) electrons. The summed E-state index contributed by atoms with van der Waals surface area (Å²) in [4.78, 5) is 13.8. The van der Waals surface area contributed by atoms with E-state index in [2.05, 4.69) is 12.1 Å². The molecular weight excluding hydrogens is 290 g/mol. The Morgan fingerprint density at radius 1 is 1.30 bits per heavy atom. The quantitative estimate of drug-likeness (QED) is 0.917. The largest absolute Gasteiger partial charge is 0.444 e. The Morgan fingerprint density at radius 3 is 2.30 bits per heavy atom. The van der Waals surface area contributed by atoms with E-state index in [-0.39, 0.29) is 24.0 Å². The van der Waals surface area contributed by atoms with Crippen LogP contribution in [0.15, 0.2) is 30.3 Å². The summed E-state index contributed by atoms with van der Waals surface area (Å²) in [5.41, 5.74) is 0.548. The van der Waals surface area contributed by atoms with Crippen LogP contribution in [-0.4, -0.2) is 41.9 Å². The highest BCUT2D eigenvalue weighted by atomic mass is 16.6. The van der Waals surface area contributed by atoms with Crippen molar-refractivity contribution in [2.24, 2.45) is 5.92 Å². The summed E-state index contributed by atoms with van der Waals surface area (Å²) < 4.78 is 5.40. The van der Waals surface area contributed by atoms with Gasteiger partial charge in [-0.15, -0.1) is 0 Å². The third-order valence-corrected chi connectivity index (χ3v) is 4.03. The van der Waals surface area contributed by atoms with Crippen LogP contribution in [0, 0.1) is 5.92 Å². The number of benzene rings is 1. The van der Waals surface area contributed by atoms with Crippen LogP contribution in [0.3, 0.4) is 0 Å². The third kappa shape index (κ3) is 4.96. The second kappa shape index (κ2) is 7.82. The monoisotopic (exact) mass is 321 g/mol. The standard InChI is InChI=1S/C17H25NO3.C2H6/c1-16(2,3)21-15(20)18(4)12-17(10-14(17)11-19)13-8-6-5-7-9-13;1-2/h5-9,14,19H,10-12H2,1-4H3;1-2H3. The highest BCUT2D eigenvalue weighted by molar-refractivity contribution is 5.68. The van der Waals surface area contributed by atoms with E-state index in [1.807, 2.05) is 52.8 Å². The number of hydrogen-bond acceptors (Lipinski definition) is 3. The van der Waals surface area contributed by atoms with E-state index in [1.165, 1.54) is 5.56 Å². The minimum atomic E-state index is -0.495. The molecule has 1 aromatic rings. The Morgan fingerprint density at radius 2 is 1.87 bits per heavy atom. The number of amides is 1. The molecule has 4 nitrogen and oxygen atoms in total. The van der Waals surface area contributed by atoms with Crippen molar-refractivity contribution >= 4 is 6.09 Å². The predicted molar refractivity (Wildman–Crippen MR) is 93.5 cm³/mol. The van der Waals surface area contributed by atoms with Crippen LogP contribution < -0.4 is 0 Å². The molecule has 1 aromatic carbocycles. The number of nitrogens with zero attached hydrogens (tertiary/aromatic N) is 1. The topological polar surface area (TPSA) is 49.8 Å². The van der Waals surface area contributed by atoms with Crippen LogP contribution >= 0.6 is 0 Å². The first kappa shape index (κ1) is 19.5. The van der Waals surface area contributed by atoms with Crippen LogP contribution in [0.1, 0.15) is 46.6 Å². The minimum absolute atomic E-state index is 0.137. The zero-order valence-corrected chi connectivity index (χ0v) is 15.3. The summed E-state index contributed by atoms with van der Waals surface area (Å²) in [6.45, 7) is 10.3. The molecule has 1 aliphatic carbocycles. The summed E-state index contributed by atoms with van der Waals surface area (Å²) in [6, 6.07) is 10.1. The van der Waals surface area contributed by atoms with Gasteiger partial charge in [0.15, 0.2) is 0 Å². The van der Waals surface area contributed by atoms with E-state index < -0.39 is 5.60 Å². The number of rotatable bonds is 4. The lowest BCUT2D eigenvalue weighted by Crippen LogP contribution is -2.39. The second-order valence-corrected chi connectivity index (χ2v) is 6.94. The number of aliphatic hydroxyl groups excluding tert-OH is 1. The van der Waals surface area contributed by atoms with Gasteiger partial charge in [0.1, 0.15) is 5.60 Å². The summed E-state index contributed by atoms with van der Waals surface area (Å²) in [5, 5.41) is 9.51. The van der Waals surface area contributed by atoms with E-state index in [9.17, 15) is 9.90 Å². The molecule has 130 valence electrons. The van der Waals surface area contributed by atoms with E-state index >= 15 is 0 Å². The van der Waals surface area contributed by atoms with E-state index in [0.717, 1.165) is 6.42 Å². The van der Waals surface area contributed by atoms with Crippen LogP contribution in [-0.2, 0) is 10.2 Å². The lowest BCUT2D eigenvalue weighted by Gasteiger charge is -2.28. The first-order chi connectivity index (χ1) is 10.8. The molecule has 23 heavy (non-hydrogen) atoms. The smallest absolute Gasteiger partial charge is 0.410 e. The van der Waals surface area contributed by atoms with Crippen LogP contribution in [0.25, 0.3) is 0 Å². The van der Waals surface area contributed by atoms with Crippen molar-refractivity contribution < 1.29 is 14.6 Å². The fraction of sp³-hybridized carbons (Fsp3) is 0.632. The van der Waals surface area contributed by atoms with Gasteiger partial charge in [-0.1, -0.05) is 44.2 Å². The van der Waals surface area contributed by atoms with Crippen LogP contribution in [0.2, 0.25) is 0 Å². The molecular formula is C19H31NO3. The maximum absolute atomic E-state index is 12.1. The Bertz CT molecular complexity index is 495.